The first kappa shape index (κ1) is 22.7. The predicted octanol–water partition coefficient (Wildman–Crippen LogP) is -1.36. The lowest BCUT2D eigenvalue weighted by molar-refractivity contribution is -0.126. The summed E-state index contributed by atoms with van der Waals surface area (Å²) >= 11 is 0. The van der Waals surface area contributed by atoms with Crippen molar-refractivity contribution < 1.29 is 31.6 Å². The van der Waals surface area contributed by atoms with E-state index >= 15 is 0 Å². The maximum absolute atomic E-state index is 13.3. The van der Waals surface area contributed by atoms with Crippen LogP contribution < -0.4 is 15.2 Å². The molecule has 0 radical (unpaired) electrons. The second-order valence-electron chi connectivity index (χ2n) is 7.64. The summed E-state index contributed by atoms with van der Waals surface area (Å²) in [6.45, 7) is 0. The van der Waals surface area contributed by atoms with Crippen molar-refractivity contribution in [2.45, 2.75) is 10.0 Å². The third-order valence-electron chi connectivity index (χ3n) is 5.39. The first-order valence-corrected chi connectivity index (χ1v) is 10.8. The molecule has 8 nitrogen and oxygen atoms in total. The van der Waals surface area contributed by atoms with Crippen LogP contribution in [0.4, 0.5) is 0 Å². The minimum absolute atomic E-state index is 0.316. The van der Waals surface area contributed by atoms with Crippen LogP contribution in [0.15, 0.2) is 60.2 Å². The summed E-state index contributed by atoms with van der Waals surface area (Å²) in [6, 6.07) is 13.3. The number of hydrogen-bond acceptors (Lipinski definition) is 8. The van der Waals surface area contributed by atoms with Crippen LogP contribution in [-0.2, 0) is 33.9 Å². The Bertz CT molecular complexity index is 1150. The van der Waals surface area contributed by atoms with Crippen molar-refractivity contribution in [1.29, 1.82) is 0 Å². The minimum Gasteiger partial charge on any atom is -0.497 e. The van der Waals surface area contributed by atoms with Gasteiger partial charge >= 0.3 is 10.1 Å². The number of methoxy groups -OCH3 is 2. The topological polar surface area (TPSA) is 114 Å². The number of benzene rings is 2. The smallest absolute Gasteiger partial charge is 0.304 e. The van der Waals surface area contributed by atoms with Crippen molar-refractivity contribution in [3.05, 3.63) is 71.3 Å². The first-order chi connectivity index (χ1) is 14.5. The van der Waals surface area contributed by atoms with Crippen molar-refractivity contribution in [2.75, 3.05) is 14.2 Å². The van der Waals surface area contributed by atoms with Gasteiger partial charge in [0.15, 0.2) is 13.3 Å². The van der Waals surface area contributed by atoms with E-state index in [2.05, 4.69) is 0 Å². The quantitative estimate of drug-likeness (QED) is 0.415. The van der Waals surface area contributed by atoms with Crippen molar-refractivity contribution in [3.63, 3.8) is 0 Å². The summed E-state index contributed by atoms with van der Waals surface area (Å²) in [7, 11) is 3.06. The van der Waals surface area contributed by atoms with E-state index in [1.807, 2.05) is 0 Å². The zero-order chi connectivity index (χ0) is 23.0. The largest absolute Gasteiger partial charge is 0.497 e. The molecule has 2 aromatic carbocycles. The third kappa shape index (κ3) is 3.76. The van der Waals surface area contributed by atoms with Crippen LogP contribution in [-0.4, -0.2) is 52.0 Å². The van der Waals surface area contributed by atoms with E-state index in [1.54, 1.807) is 48.5 Å². The number of carbonyl (C=O) groups is 1. The summed E-state index contributed by atoms with van der Waals surface area (Å²) in [5.41, 5.74) is 5.11. The monoisotopic (exact) mass is 441 g/mol. The Morgan fingerprint density at radius 2 is 1.71 bits per heavy atom. The molecule has 3 rings (SSSR count). The molecule has 0 aromatic heterocycles. The van der Waals surface area contributed by atoms with Crippen molar-refractivity contribution in [1.82, 2.24) is 0 Å². The van der Waals surface area contributed by atoms with Gasteiger partial charge in [-0.25, -0.2) is 0 Å². The lowest BCUT2D eigenvalue weighted by Gasteiger charge is -2.26. The Morgan fingerprint density at radius 3 is 2.29 bits per heavy atom. The Labute approximate surface area is 184 Å². The lowest BCUT2D eigenvalue weighted by Crippen LogP contribution is -2.40. The average molecular weight is 441 g/mol. The van der Waals surface area contributed by atoms with Crippen LogP contribution in [0.5, 0.6) is 11.5 Å². The first-order valence-electron chi connectivity index (χ1n) is 9.43. The molecule has 2 N–H and O–H groups in total. The number of hydrogen-bond donors (Lipinski definition) is 1. The highest BCUT2D eigenvalue weighted by atomic mass is 32.2. The van der Waals surface area contributed by atoms with Crippen molar-refractivity contribution >= 4 is 39.4 Å². The Morgan fingerprint density at radius 1 is 1.06 bits per heavy atom. The van der Waals surface area contributed by atoms with Gasteiger partial charge in [-0.15, -0.1) is 0 Å². The molecule has 0 fully saturated rings. The van der Waals surface area contributed by atoms with Gasteiger partial charge < -0.3 is 24.1 Å². The Balaban J connectivity index is 1.97. The maximum Gasteiger partial charge on any atom is 0.304 e. The van der Waals surface area contributed by atoms with Crippen molar-refractivity contribution in [3.8, 4) is 11.5 Å². The molecule has 0 unspecified atom stereocenters. The molecule has 1 atom stereocenters. The Hall–Kier alpha value is -3.01. The van der Waals surface area contributed by atoms with E-state index < -0.39 is 37.6 Å². The fourth-order valence-electron chi connectivity index (χ4n) is 3.29. The van der Waals surface area contributed by atoms with Crippen LogP contribution in [0, 0.1) is 0 Å². The molecule has 0 saturated heterocycles. The van der Waals surface area contributed by atoms with Crippen LogP contribution in [0.3, 0.4) is 0 Å². The second-order valence-corrected chi connectivity index (χ2v) is 9.73. The number of carbonyl (C=O) groups excluding carboxylic acids is 1. The number of Topliss-reactive ketones (excluding diaryl/α,β-unsaturated/α-hetero) is 1. The average Bonchev–Trinajstić information content (AvgIpc) is 2.97. The van der Waals surface area contributed by atoms with Gasteiger partial charge in [0.05, 0.1) is 18.8 Å². The summed E-state index contributed by atoms with van der Waals surface area (Å²) < 4.78 is 46.2. The van der Waals surface area contributed by atoms with Gasteiger partial charge in [-0.3, -0.25) is 4.79 Å². The van der Waals surface area contributed by atoms with Gasteiger partial charge in [0.25, 0.3) is 0 Å². The second kappa shape index (κ2) is 7.92. The lowest BCUT2D eigenvalue weighted by atomic mass is 9.65. The van der Waals surface area contributed by atoms with Gasteiger partial charge in [0, 0.05) is 11.6 Å². The molecule has 0 aliphatic carbocycles. The van der Waals surface area contributed by atoms with E-state index in [0.717, 1.165) is 0 Å². The molecule has 0 amide bonds. The van der Waals surface area contributed by atoms with E-state index in [1.165, 1.54) is 37.8 Å². The number of nitrogens with two attached hydrogens (primary N) is 1. The highest BCUT2D eigenvalue weighted by molar-refractivity contribution is 7.90. The zero-order valence-electron chi connectivity index (χ0n) is 18.0. The van der Waals surface area contributed by atoms with Crippen LogP contribution in [0.25, 0.3) is 0 Å². The fourth-order valence-corrected chi connectivity index (χ4v) is 4.30. The number of rotatable bonds is 7. The third-order valence-corrected chi connectivity index (χ3v) is 7.26. The predicted molar refractivity (Wildman–Crippen MR) is 122 cm³/mol. The zero-order valence-corrected chi connectivity index (χ0v) is 18.8. The van der Waals surface area contributed by atoms with Gasteiger partial charge in [-0.05, 0) is 17.7 Å². The van der Waals surface area contributed by atoms with Gasteiger partial charge in [-0.1, -0.05) is 30.3 Å². The SMILES string of the molecule is BC(B)(c1ccccc1)S(=O)(=O)OC1=C(N)O[C@@](B)(c2ccc(OC)cc2OC)C1=O. The number of ether oxygens (including phenoxy) is 3. The molecule has 0 bridgehead atoms. The highest BCUT2D eigenvalue weighted by Gasteiger charge is 2.52. The molecular formula is C19H22B3NO7S. The molecule has 2 aromatic rings. The van der Waals surface area contributed by atoms with E-state index in [0.29, 0.717) is 22.6 Å². The summed E-state index contributed by atoms with van der Waals surface area (Å²) in [5, 5.41) is 0. The molecular weight excluding hydrogens is 419 g/mol. The van der Waals surface area contributed by atoms with Crippen molar-refractivity contribution in [2.24, 2.45) is 5.73 Å². The van der Waals surface area contributed by atoms with E-state index in [9.17, 15) is 13.2 Å². The summed E-state index contributed by atoms with van der Waals surface area (Å²) in [4.78, 5) is 13.3. The molecule has 0 spiro atoms. The molecule has 1 aliphatic heterocycles. The molecule has 12 heteroatoms. The van der Waals surface area contributed by atoms with Crippen LogP contribution in [0.1, 0.15) is 11.1 Å². The van der Waals surface area contributed by atoms with E-state index in [4.69, 9.17) is 24.1 Å². The van der Waals surface area contributed by atoms with Crippen LogP contribution in [0.2, 0.25) is 0 Å². The van der Waals surface area contributed by atoms with Crippen LogP contribution >= 0.6 is 0 Å². The van der Waals surface area contributed by atoms with Gasteiger partial charge in [0.1, 0.15) is 27.2 Å². The standard InChI is InChI=1S/C19H22B3NO7S/c1-27-12-8-9-13(14(10-12)28-2)18(20)16(24)15(17(23)29-18)30-31(25,26)19(21,22)11-6-4-3-5-7-11/h3-10H,20-23H2,1-2H3/t18-/m0/s1. The summed E-state index contributed by atoms with van der Waals surface area (Å²) in [6.07, 6.45) is 0. The fraction of sp³-hybridized carbons (Fsp3) is 0.211. The molecule has 1 heterocycles. The molecule has 0 saturated carbocycles. The highest BCUT2D eigenvalue weighted by Crippen LogP contribution is 2.42. The minimum atomic E-state index is -4.31. The van der Waals surface area contributed by atoms with E-state index in [-0.39, 0.29) is 0 Å². The normalized spacial score (nSPS) is 19.1. The van der Waals surface area contributed by atoms with Gasteiger partial charge in [0.2, 0.25) is 17.4 Å². The summed E-state index contributed by atoms with van der Waals surface area (Å²) in [5.74, 6) is -0.890. The molecule has 1 aliphatic rings. The molecule has 160 valence electrons. The Kier molecular flexibility index (Phi) is 5.79. The van der Waals surface area contributed by atoms with Gasteiger partial charge in [-0.2, -0.15) is 8.42 Å². The maximum atomic E-state index is 13.3. The molecule has 31 heavy (non-hydrogen) atoms. The number of ketones is 1.